The lowest BCUT2D eigenvalue weighted by molar-refractivity contribution is 0.156. The second-order valence-electron chi connectivity index (χ2n) is 3.18. The van der Waals surface area contributed by atoms with E-state index in [0.717, 1.165) is 17.6 Å². The number of hydrogen-bond acceptors (Lipinski definition) is 4. The minimum Gasteiger partial charge on any atom is -0.449 e. The third kappa shape index (κ3) is 3.54. The number of amides is 1. The molecule has 1 aromatic heterocycles. The molecule has 1 rings (SSSR count). The molecule has 88 valence electrons. The van der Waals surface area contributed by atoms with E-state index < -0.39 is 6.09 Å². The molecule has 16 heavy (non-hydrogen) atoms. The molecular formula is C10H14N2O3S. The predicted molar refractivity (Wildman–Crippen MR) is 62.3 cm³/mol. The number of unbranched alkanes of at least 4 members (excludes halogenated alkanes) is 1. The van der Waals surface area contributed by atoms with Gasteiger partial charge < -0.3 is 9.94 Å². The molecule has 0 spiro atoms. The highest BCUT2D eigenvalue weighted by Gasteiger charge is 2.05. The number of hydrogen-bond donors (Lipinski definition) is 2. The van der Waals surface area contributed by atoms with Crippen molar-refractivity contribution >= 4 is 24.1 Å². The van der Waals surface area contributed by atoms with Gasteiger partial charge in [0.1, 0.15) is 4.64 Å². The van der Waals surface area contributed by atoms with E-state index in [1.54, 1.807) is 12.1 Å². The lowest BCUT2D eigenvalue weighted by Crippen LogP contribution is -2.17. The van der Waals surface area contributed by atoms with E-state index in [2.05, 4.69) is 5.32 Å². The van der Waals surface area contributed by atoms with Gasteiger partial charge in [0.05, 0.1) is 6.61 Å². The summed E-state index contributed by atoms with van der Waals surface area (Å²) >= 11 is 4.82. The molecule has 0 aromatic carbocycles. The fourth-order valence-electron chi connectivity index (χ4n) is 1.03. The Morgan fingerprint density at radius 1 is 1.62 bits per heavy atom. The fourth-order valence-corrected chi connectivity index (χ4v) is 1.20. The third-order valence-electron chi connectivity index (χ3n) is 1.89. The summed E-state index contributed by atoms with van der Waals surface area (Å²) in [6.07, 6.45) is 1.17. The first-order valence-corrected chi connectivity index (χ1v) is 5.41. The lowest BCUT2D eigenvalue weighted by Gasteiger charge is -2.09. The Labute approximate surface area is 98.6 Å². The zero-order chi connectivity index (χ0) is 12.0. The second kappa shape index (κ2) is 6.12. The molecule has 2 N–H and O–H groups in total. The highest BCUT2D eigenvalue weighted by Crippen LogP contribution is 2.06. The molecule has 1 aromatic rings. The Morgan fingerprint density at radius 2 is 2.38 bits per heavy atom. The van der Waals surface area contributed by atoms with Crippen LogP contribution < -0.4 is 5.32 Å². The highest BCUT2D eigenvalue weighted by molar-refractivity contribution is 7.71. The molecule has 0 aliphatic heterocycles. The normalized spacial score (nSPS) is 9.81. The Hall–Kier alpha value is -1.56. The zero-order valence-electron chi connectivity index (χ0n) is 8.97. The van der Waals surface area contributed by atoms with E-state index in [1.807, 2.05) is 6.92 Å². The van der Waals surface area contributed by atoms with Crippen LogP contribution in [0.15, 0.2) is 18.2 Å². The Morgan fingerprint density at radius 3 is 3.06 bits per heavy atom. The second-order valence-corrected chi connectivity index (χ2v) is 3.59. The summed E-state index contributed by atoms with van der Waals surface area (Å²) < 4.78 is 5.81. The van der Waals surface area contributed by atoms with Gasteiger partial charge in [-0.1, -0.05) is 31.6 Å². The summed E-state index contributed by atoms with van der Waals surface area (Å²) in [6, 6.07) is 4.70. The van der Waals surface area contributed by atoms with Crippen molar-refractivity contribution in [2.75, 3.05) is 11.9 Å². The highest BCUT2D eigenvalue weighted by atomic mass is 32.1. The van der Waals surface area contributed by atoms with Crippen LogP contribution in [0.5, 0.6) is 0 Å². The summed E-state index contributed by atoms with van der Waals surface area (Å²) in [7, 11) is 0. The molecule has 1 amide bonds. The van der Waals surface area contributed by atoms with Gasteiger partial charge in [-0.2, -0.15) is 4.73 Å². The van der Waals surface area contributed by atoms with Crippen LogP contribution in [0.2, 0.25) is 0 Å². The first kappa shape index (κ1) is 12.5. The van der Waals surface area contributed by atoms with E-state index in [-0.39, 0.29) is 10.5 Å². The zero-order valence-corrected chi connectivity index (χ0v) is 9.79. The van der Waals surface area contributed by atoms with Crippen LogP contribution in [0.3, 0.4) is 0 Å². The number of carbonyl (C=O) groups is 1. The molecule has 6 heteroatoms. The SMILES string of the molecule is CCCCOC(=O)Nc1cccc(=S)n1O. The van der Waals surface area contributed by atoms with Crippen molar-refractivity contribution in [1.82, 2.24) is 4.73 Å². The van der Waals surface area contributed by atoms with Gasteiger partial charge in [0.2, 0.25) is 0 Å². The van der Waals surface area contributed by atoms with Gasteiger partial charge in [0.15, 0.2) is 5.82 Å². The number of pyridine rings is 1. The van der Waals surface area contributed by atoms with E-state index in [1.165, 1.54) is 6.07 Å². The van der Waals surface area contributed by atoms with Crippen LogP contribution in [0.1, 0.15) is 19.8 Å². The first-order chi connectivity index (χ1) is 7.65. The van der Waals surface area contributed by atoms with Crippen molar-refractivity contribution in [2.45, 2.75) is 19.8 Å². The van der Waals surface area contributed by atoms with Gasteiger partial charge in [0.25, 0.3) is 0 Å². The van der Waals surface area contributed by atoms with Crippen LogP contribution in [-0.2, 0) is 4.74 Å². The molecule has 0 atom stereocenters. The van der Waals surface area contributed by atoms with Crippen LogP contribution in [-0.4, -0.2) is 22.6 Å². The smallest absolute Gasteiger partial charge is 0.412 e. The molecule has 0 saturated heterocycles. The molecule has 0 aliphatic carbocycles. The van der Waals surface area contributed by atoms with Crippen molar-refractivity contribution in [2.24, 2.45) is 0 Å². The lowest BCUT2D eigenvalue weighted by atomic mass is 10.4. The average Bonchev–Trinajstić information content (AvgIpc) is 2.25. The Kier molecular flexibility index (Phi) is 4.78. The van der Waals surface area contributed by atoms with Crippen molar-refractivity contribution in [3.63, 3.8) is 0 Å². The topological polar surface area (TPSA) is 63.5 Å². The minimum absolute atomic E-state index is 0.189. The van der Waals surface area contributed by atoms with Crippen molar-refractivity contribution in [3.05, 3.63) is 22.8 Å². The molecule has 0 saturated carbocycles. The number of rotatable bonds is 4. The van der Waals surface area contributed by atoms with Crippen LogP contribution in [0, 0.1) is 4.64 Å². The number of nitrogens with zero attached hydrogens (tertiary/aromatic N) is 1. The standard InChI is InChI=1S/C10H14N2O3S/c1-2-3-7-15-10(13)11-8-5-4-6-9(16)12(8)14/h4-6,14H,2-3,7H2,1H3,(H,11,13). The van der Waals surface area contributed by atoms with Gasteiger partial charge in [-0.15, -0.1) is 0 Å². The van der Waals surface area contributed by atoms with Gasteiger partial charge in [-0.3, -0.25) is 5.32 Å². The monoisotopic (exact) mass is 242 g/mol. The molecule has 1 heterocycles. The quantitative estimate of drug-likeness (QED) is 0.484. The maximum absolute atomic E-state index is 11.3. The van der Waals surface area contributed by atoms with Gasteiger partial charge in [-0.05, 0) is 18.6 Å². The van der Waals surface area contributed by atoms with Crippen LogP contribution in [0.25, 0.3) is 0 Å². The summed E-state index contributed by atoms with van der Waals surface area (Å²) in [4.78, 5) is 11.3. The summed E-state index contributed by atoms with van der Waals surface area (Å²) in [5.74, 6) is 0.189. The van der Waals surface area contributed by atoms with Crippen molar-refractivity contribution in [1.29, 1.82) is 0 Å². The number of carbonyl (C=O) groups excluding carboxylic acids is 1. The fraction of sp³-hybridized carbons (Fsp3) is 0.400. The first-order valence-electron chi connectivity index (χ1n) is 5.00. The molecule has 0 unspecified atom stereocenters. The predicted octanol–water partition coefficient (Wildman–Crippen LogP) is 2.80. The summed E-state index contributed by atoms with van der Waals surface area (Å²) in [6.45, 7) is 2.37. The molecule has 0 fully saturated rings. The minimum atomic E-state index is -0.600. The molecular weight excluding hydrogens is 228 g/mol. The Balaban J connectivity index is 2.56. The van der Waals surface area contributed by atoms with Crippen molar-refractivity contribution < 1.29 is 14.7 Å². The largest absolute Gasteiger partial charge is 0.449 e. The number of ether oxygens (including phenoxy) is 1. The van der Waals surface area contributed by atoms with E-state index in [9.17, 15) is 10.0 Å². The Bertz CT molecular complexity index is 417. The van der Waals surface area contributed by atoms with Crippen molar-refractivity contribution in [3.8, 4) is 0 Å². The van der Waals surface area contributed by atoms with Gasteiger partial charge >= 0.3 is 6.09 Å². The maximum Gasteiger partial charge on any atom is 0.412 e. The number of aromatic nitrogens is 1. The third-order valence-corrected chi connectivity index (χ3v) is 2.20. The van der Waals surface area contributed by atoms with Crippen LogP contribution in [0.4, 0.5) is 10.6 Å². The summed E-state index contributed by atoms with van der Waals surface area (Å²) in [5, 5.41) is 11.9. The molecule has 0 radical (unpaired) electrons. The van der Waals surface area contributed by atoms with E-state index in [0.29, 0.717) is 6.61 Å². The number of anilines is 1. The summed E-state index contributed by atoms with van der Waals surface area (Å²) in [5.41, 5.74) is 0. The van der Waals surface area contributed by atoms with Gasteiger partial charge in [-0.25, -0.2) is 4.79 Å². The molecule has 5 nitrogen and oxygen atoms in total. The van der Waals surface area contributed by atoms with Gasteiger partial charge in [0, 0.05) is 0 Å². The average molecular weight is 242 g/mol. The van der Waals surface area contributed by atoms with E-state index >= 15 is 0 Å². The molecule has 0 bridgehead atoms. The number of nitrogens with one attached hydrogen (secondary N) is 1. The van der Waals surface area contributed by atoms with Crippen LogP contribution >= 0.6 is 12.2 Å². The van der Waals surface area contributed by atoms with E-state index in [4.69, 9.17) is 17.0 Å². The molecule has 0 aliphatic rings. The maximum atomic E-state index is 11.3.